The second kappa shape index (κ2) is 3.43. The third-order valence-electron chi connectivity index (χ3n) is 1.13. The van der Waals surface area contributed by atoms with Gasteiger partial charge in [0.2, 0.25) is 0 Å². The highest BCUT2D eigenvalue weighted by Crippen LogP contribution is 1.97. The van der Waals surface area contributed by atoms with Crippen molar-refractivity contribution in [3.05, 3.63) is 10.4 Å². The molecule has 0 bridgehead atoms. The molecular weight excluding hydrogens is 154 g/mol. The van der Waals surface area contributed by atoms with E-state index >= 15 is 0 Å². The molecule has 0 saturated carbocycles. The Balaban J connectivity index is 4.12. The maximum absolute atomic E-state index is 10.7. The van der Waals surface area contributed by atoms with Crippen LogP contribution >= 0.6 is 0 Å². The van der Waals surface area contributed by atoms with E-state index in [1.807, 2.05) is 0 Å². The Morgan fingerprint density at radius 3 is 2.50 bits per heavy atom. The van der Waals surface area contributed by atoms with Crippen LogP contribution in [0.5, 0.6) is 0 Å². The second-order valence-electron chi connectivity index (χ2n) is 2.05. The lowest BCUT2D eigenvalue weighted by atomic mass is 10.5. The van der Waals surface area contributed by atoms with Gasteiger partial charge in [-0.2, -0.15) is 0 Å². The van der Waals surface area contributed by atoms with Crippen LogP contribution in [0.4, 0.5) is 0 Å². The molecule has 0 rings (SSSR count). The summed E-state index contributed by atoms with van der Waals surface area (Å²) >= 11 is 0. The lowest BCUT2D eigenvalue weighted by Gasteiger charge is -2.02. The summed E-state index contributed by atoms with van der Waals surface area (Å²) in [7, 11) is -3.04. The fourth-order valence-electron chi connectivity index (χ4n) is 0.287. The smallest absolute Gasteiger partial charge is 0.150 e. The van der Waals surface area contributed by atoms with Crippen LogP contribution in [0, 0.1) is 0 Å². The molecule has 0 aliphatic carbocycles. The molecule has 0 heterocycles. The van der Waals surface area contributed by atoms with Crippen LogP contribution in [0.2, 0.25) is 0 Å². The highest BCUT2D eigenvalue weighted by molar-refractivity contribution is 7.91. The molecule has 0 radical (unpaired) electrons. The van der Waals surface area contributed by atoms with Gasteiger partial charge in [-0.25, -0.2) is 8.42 Å². The minimum Gasteiger partial charge on any atom is -0.229 e. The van der Waals surface area contributed by atoms with E-state index in [9.17, 15) is 8.42 Å². The third kappa shape index (κ3) is 3.32. The first kappa shape index (κ1) is 9.26. The summed E-state index contributed by atoms with van der Waals surface area (Å²) < 4.78 is 21.3. The SMILES string of the molecule is CC(CN=[N+]=[N-])S(C)(=O)=O. The molecule has 0 N–H and O–H groups in total. The van der Waals surface area contributed by atoms with Crippen molar-refractivity contribution in [2.24, 2.45) is 5.11 Å². The van der Waals surface area contributed by atoms with Crippen LogP contribution in [0.15, 0.2) is 5.11 Å². The van der Waals surface area contributed by atoms with Crippen LogP contribution in [0.25, 0.3) is 10.4 Å². The fraction of sp³-hybridized carbons (Fsp3) is 1.00. The largest absolute Gasteiger partial charge is 0.229 e. The van der Waals surface area contributed by atoms with E-state index in [0.717, 1.165) is 6.26 Å². The first-order chi connectivity index (χ1) is 4.48. The number of rotatable bonds is 3. The first-order valence-electron chi connectivity index (χ1n) is 2.68. The van der Waals surface area contributed by atoms with Crippen molar-refractivity contribution in [2.75, 3.05) is 12.8 Å². The number of hydrogen-bond donors (Lipinski definition) is 0. The summed E-state index contributed by atoms with van der Waals surface area (Å²) in [6.45, 7) is 1.51. The van der Waals surface area contributed by atoms with Crippen molar-refractivity contribution >= 4 is 9.84 Å². The molecule has 6 heteroatoms. The van der Waals surface area contributed by atoms with E-state index in [-0.39, 0.29) is 6.54 Å². The van der Waals surface area contributed by atoms with Crippen LogP contribution < -0.4 is 0 Å². The lowest BCUT2D eigenvalue weighted by Crippen LogP contribution is -2.18. The van der Waals surface area contributed by atoms with Crippen molar-refractivity contribution in [3.63, 3.8) is 0 Å². The normalized spacial score (nSPS) is 13.8. The molecule has 0 fully saturated rings. The highest BCUT2D eigenvalue weighted by atomic mass is 32.2. The van der Waals surface area contributed by atoms with Gasteiger partial charge in [0.15, 0.2) is 0 Å². The number of hydrogen-bond acceptors (Lipinski definition) is 3. The molecule has 0 amide bonds. The topological polar surface area (TPSA) is 82.9 Å². The van der Waals surface area contributed by atoms with Gasteiger partial charge in [0, 0.05) is 17.7 Å². The summed E-state index contributed by atoms with van der Waals surface area (Å²) in [5.41, 5.74) is 7.84. The molecule has 0 aromatic carbocycles. The Labute approximate surface area is 59.6 Å². The molecule has 0 aromatic heterocycles. The van der Waals surface area contributed by atoms with Crippen molar-refractivity contribution < 1.29 is 8.42 Å². The van der Waals surface area contributed by atoms with Crippen LogP contribution in [-0.4, -0.2) is 26.5 Å². The van der Waals surface area contributed by atoms with Gasteiger partial charge >= 0.3 is 0 Å². The van der Waals surface area contributed by atoms with Crippen LogP contribution in [0.3, 0.4) is 0 Å². The molecule has 1 atom stereocenters. The zero-order valence-electron chi connectivity index (χ0n) is 5.85. The summed E-state index contributed by atoms with van der Waals surface area (Å²) in [5, 5.41) is 2.56. The molecule has 0 aliphatic heterocycles. The molecular formula is C4H9N3O2S. The monoisotopic (exact) mass is 163 g/mol. The molecule has 5 nitrogen and oxygen atoms in total. The average molecular weight is 163 g/mol. The van der Waals surface area contributed by atoms with Gasteiger partial charge < -0.3 is 0 Å². The standard InChI is InChI=1S/C4H9N3O2S/c1-4(3-6-7-5)10(2,8)9/h4H,3H2,1-2H3. The molecule has 0 saturated heterocycles. The molecule has 0 spiro atoms. The second-order valence-corrected chi connectivity index (χ2v) is 4.52. The minimum absolute atomic E-state index is 0.00926. The van der Waals surface area contributed by atoms with Gasteiger partial charge in [-0.1, -0.05) is 5.11 Å². The number of sulfone groups is 1. The van der Waals surface area contributed by atoms with Crippen LogP contribution in [-0.2, 0) is 9.84 Å². The van der Waals surface area contributed by atoms with E-state index in [1.165, 1.54) is 6.92 Å². The van der Waals surface area contributed by atoms with E-state index in [0.29, 0.717) is 0 Å². The maximum Gasteiger partial charge on any atom is 0.150 e. The van der Waals surface area contributed by atoms with Crippen molar-refractivity contribution in [3.8, 4) is 0 Å². The summed E-state index contributed by atoms with van der Waals surface area (Å²) in [6, 6.07) is 0. The number of azide groups is 1. The zero-order valence-corrected chi connectivity index (χ0v) is 6.67. The summed E-state index contributed by atoms with van der Waals surface area (Å²) in [5.74, 6) is 0. The Hall–Kier alpha value is -0.740. The van der Waals surface area contributed by atoms with E-state index in [1.54, 1.807) is 0 Å². The summed E-state index contributed by atoms with van der Waals surface area (Å²) in [4.78, 5) is 2.45. The molecule has 0 aliphatic rings. The van der Waals surface area contributed by atoms with E-state index in [4.69, 9.17) is 5.53 Å². The van der Waals surface area contributed by atoms with E-state index < -0.39 is 15.1 Å². The fourth-order valence-corrected chi connectivity index (χ4v) is 0.624. The van der Waals surface area contributed by atoms with Gasteiger partial charge in [0.25, 0.3) is 0 Å². The quantitative estimate of drug-likeness (QED) is 0.349. The third-order valence-corrected chi connectivity index (χ3v) is 2.74. The maximum atomic E-state index is 10.7. The first-order valence-corrected chi connectivity index (χ1v) is 4.63. The Morgan fingerprint density at radius 1 is 1.70 bits per heavy atom. The molecule has 58 valence electrons. The Morgan fingerprint density at radius 2 is 2.20 bits per heavy atom. The van der Waals surface area contributed by atoms with Gasteiger partial charge in [-0.05, 0) is 12.5 Å². The molecule has 1 unspecified atom stereocenters. The Bertz CT molecular complexity index is 239. The van der Waals surface area contributed by atoms with Crippen molar-refractivity contribution in [1.29, 1.82) is 0 Å². The van der Waals surface area contributed by atoms with Gasteiger partial charge in [-0.3, -0.25) is 0 Å². The highest BCUT2D eigenvalue weighted by Gasteiger charge is 2.12. The predicted octanol–water partition coefficient (Wildman–Crippen LogP) is 0.730. The van der Waals surface area contributed by atoms with E-state index in [2.05, 4.69) is 10.0 Å². The lowest BCUT2D eigenvalue weighted by molar-refractivity contribution is 0.590. The van der Waals surface area contributed by atoms with Gasteiger partial charge in [-0.15, -0.1) is 0 Å². The number of nitrogens with zero attached hydrogens (tertiary/aromatic N) is 3. The summed E-state index contributed by atoms with van der Waals surface area (Å²) in [6.07, 6.45) is 1.12. The Kier molecular flexibility index (Phi) is 3.18. The predicted molar refractivity (Wildman–Crippen MR) is 38.3 cm³/mol. The van der Waals surface area contributed by atoms with Crippen molar-refractivity contribution in [1.82, 2.24) is 0 Å². The van der Waals surface area contributed by atoms with Crippen molar-refractivity contribution in [2.45, 2.75) is 12.2 Å². The average Bonchev–Trinajstić information content (AvgIpc) is 1.80. The van der Waals surface area contributed by atoms with Gasteiger partial charge in [0.05, 0.1) is 5.25 Å². The van der Waals surface area contributed by atoms with Gasteiger partial charge in [0.1, 0.15) is 9.84 Å². The minimum atomic E-state index is -3.04. The molecule has 10 heavy (non-hydrogen) atoms. The molecule has 0 aromatic rings. The zero-order chi connectivity index (χ0) is 8.20. The van der Waals surface area contributed by atoms with Crippen LogP contribution in [0.1, 0.15) is 6.92 Å².